The van der Waals surface area contributed by atoms with Gasteiger partial charge in [-0.3, -0.25) is 4.79 Å². The second-order valence-electron chi connectivity index (χ2n) is 5.43. The fourth-order valence-corrected chi connectivity index (χ4v) is 2.56. The summed E-state index contributed by atoms with van der Waals surface area (Å²) in [7, 11) is 3.76. The molecule has 2 aromatic rings. The minimum atomic E-state index is -0.120. The average molecular weight is 337 g/mol. The molecule has 1 amide bonds. The van der Waals surface area contributed by atoms with Gasteiger partial charge in [0.05, 0.1) is 16.4 Å². The van der Waals surface area contributed by atoms with Crippen molar-refractivity contribution in [1.29, 1.82) is 0 Å². The first-order valence-corrected chi connectivity index (χ1v) is 7.96. The molecule has 124 valence electrons. The van der Waals surface area contributed by atoms with Crippen molar-refractivity contribution in [3.63, 3.8) is 0 Å². The zero-order chi connectivity index (χ0) is 16.8. The van der Waals surface area contributed by atoms with Crippen LogP contribution in [-0.2, 0) is 17.6 Å². The summed E-state index contributed by atoms with van der Waals surface area (Å²) in [5.74, 6) is 1.06. The number of rotatable bonds is 7. The minimum Gasteiger partial charge on any atom is -0.375 e. The fourth-order valence-electron chi connectivity index (χ4n) is 2.22. The Balaban J connectivity index is 1.96. The van der Waals surface area contributed by atoms with Crippen molar-refractivity contribution in [2.45, 2.75) is 32.6 Å². The van der Waals surface area contributed by atoms with E-state index in [-0.39, 0.29) is 12.3 Å². The fraction of sp³-hybridized carbons (Fsp3) is 0.438. The Morgan fingerprint density at radius 3 is 2.83 bits per heavy atom. The maximum atomic E-state index is 12.1. The van der Waals surface area contributed by atoms with Gasteiger partial charge in [0.1, 0.15) is 0 Å². The number of anilines is 2. The van der Waals surface area contributed by atoms with Crippen LogP contribution in [0.15, 0.2) is 22.7 Å². The summed E-state index contributed by atoms with van der Waals surface area (Å²) in [4.78, 5) is 18.3. The van der Waals surface area contributed by atoms with Crippen molar-refractivity contribution in [2.24, 2.45) is 0 Å². The molecule has 0 saturated carbocycles. The third-order valence-electron chi connectivity index (χ3n) is 3.26. The third-order valence-corrected chi connectivity index (χ3v) is 3.56. The van der Waals surface area contributed by atoms with Gasteiger partial charge >= 0.3 is 0 Å². The average Bonchev–Trinajstić information content (AvgIpc) is 2.93. The molecule has 1 aromatic carbocycles. The van der Waals surface area contributed by atoms with Crippen LogP contribution in [0.5, 0.6) is 0 Å². The molecule has 7 heteroatoms. The zero-order valence-corrected chi connectivity index (χ0v) is 14.4. The molecule has 0 atom stereocenters. The number of para-hydroxylation sites is 1. The van der Waals surface area contributed by atoms with Crippen LogP contribution in [0.3, 0.4) is 0 Å². The van der Waals surface area contributed by atoms with Gasteiger partial charge in [0, 0.05) is 33.4 Å². The molecule has 0 saturated heterocycles. The summed E-state index contributed by atoms with van der Waals surface area (Å²) in [6.45, 7) is 2.05. The summed E-state index contributed by atoms with van der Waals surface area (Å²) in [6.07, 6.45) is 2.43. The summed E-state index contributed by atoms with van der Waals surface area (Å²) < 4.78 is 5.13. The Labute approximate surface area is 140 Å². The number of halogens is 1. The molecule has 1 heterocycles. The van der Waals surface area contributed by atoms with E-state index in [0.29, 0.717) is 28.8 Å². The quantitative estimate of drug-likeness (QED) is 0.839. The molecule has 1 aromatic heterocycles. The van der Waals surface area contributed by atoms with Crippen molar-refractivity contribution in [2.75, 3.05) is 24.3 Å². The van der Waals surface area contributed by atoms with Crippen molar-refractivity contribution >= 4 is 28.9 Å². The van der Waals surface area contributed by atoms with Crippen LogP contribution in [0.25, 0.3) is 0 Å². The smallest absolute Gasteiger partial charge is 0.227 e. The van der Waals surface area contributed by atoms with Crippen LogP contribution in [0.2, 0.25) is 5.02 Å². The van der Waals surface area contributed by atoms with Crippen molar-refractivity contribution in [1.82, 2.24) is 10.1 Å². The summed E-state index contributed by atoms with van der Waals surface area (Å²) in [5.41, 5.74) is 1.47. The topological polar surface area (TPSA) is 71.3 Å². The molecule has 6 nitrogen and oxygen atoms in total. The molecule has 0 unspecified atom stereocenters. The maximum absolute atomic E-state index is 12.1. The van der Waals surface area contributed by atoms with Gasteiger partial charge in [-0.05, 0) is 18.6 Å². The summed E-state index contributed by atoms with van der Waals surface area (Å²) >= 11 is 6.19. The minimum absolute atomic E-state index is 0.120. The van der Waals surface area contributed by atoms with Crippen LogP contribution in [0.1, 0.15) is 31.5 Å². The Morgan fingerprint density at radius 2 is 2.13 bits per heavy atom. The number of amides is 1. The molecule has 0 aliphatic rings. The maximum Gasteiger partial charge on any atom is 0.227 e. The van der Waals surface area contributed by atoms with E-state index in [1.807, 2.05) is 25.1 Å². The van der Waals surface area contributed by atoms with Gasteiger partial charge in [-0.2, -0.15) is 4.98 Å². The Kier molecular flexibility index (Phi) is 5.98. The highest BCUT2D eigenvalue weighted by Crippen LogP contribution is 2.32. The van der Waals surface area contributed by atoms with E-state index >= 15 is 0 Å². The first-order chi connectivity index (χ1) is 11.0. The lowest BCUT2D eigenvalue weighted by Crippen LogP contribution is -2.17. The van der Waals surface area contributed by atoms with Gasteiger partial charge in [-0.15, -0.1) is 0 Å². The number of aryl methyl sites for hydroxylation is 2. The number of benzene rings is 1. The van der Waals surface area contributed by atoms with Crippen LogP contribution in [-0.4, -0.2) is 30.1 Å². The number of carbonyl (C=O) groups is 1. The SMILES string of the molecule is CCCc1noc(CCC(=O)Nc2cccc(Cl)c2N(C)C)n1. The van der Waals surface area contributed by atoms with E-state index in [0.717, 1.165) is 18.5 Å². The molecule has 0 fully saturated rings. The van der Waals surface area contributed by atoms with E-state index in [2.05, 4.69) is 22.4 Å². The number of aromatic nitrogens is 2. The molecule has 0 bridgehead atoms. The van der Waals surface area contributed by atoms with Crippen molar-refractivity contribution < 1.29 is 9.32 Å². The molecule has 0 spiro atoms. The standard InChI is InChI=1S/C16H21ClN4O2/c1-4-6-13-19-15(23-20-13)10-9-14(22)18-12-8-5-7-11(17)16(12)21(2)3/h5,7-8H,4,6,9-10H2,1-3H3,(H,18,22). The molecule has 2 rings (SSSR count). The largest absolute Gasteiger partial charge is 0.375 e. The molecule has 23 heavy (non-hydrogen) atoms. The highest BCUT2D eigenvalue weighted by atomic mass is 35.5. The monoisotopic (exact) mass is 336 g/mol. The van der Waals surface area contributed by atoms with Gasteiger partial charge in [0.2, 0.25) is 11.8 Å². The van der Waals surface area contributed by atoms with Gasteiger partial charge < -0.3 is 14.7 Å². The summed E-state index contributed by atoms with van der Waals surface area (Å²) in [6, 6.07) is 5.42. The lowest BCUT2D eigenvalue weighted by atomic mass is 10.2. The van der Waals surface area contributed by atoms with E-state index < -0.39 is 0 Å². The zero-order valence-electron chi connectivity index (χ0n) is 13.6. The Hall–Kier alpha value is -2.08. The van der Waals surface area contributed by atoms with Gasteiger partial charge in [-0.1, -0.05) is 29.7 Å². The van der Waals surface area contributed by atoms with E-state index in [1.165, 1.54) is 0 Å². The van der Waals surface area contributed by atoms with Crippen LogP contribution >= 0.6 is 11.6 Å². The van der Waals surface area contributed by atoms with Crippen LogP contribution in [0.4, 0.5) is 11.4 Å². The highest BCUT2D eigenvalue weighted by Gasteiger charge is 2.13. The van der Waals surface area contributed by atoms with Crippen LogP contribution < -0.4 is 10.2 Å². The second-order valence-corrected chi connectivity index (χ2v) is 5.84. The third kappa shape index (κ3) is 4.69. The first kappa shape index (κ1) is 17.3. The first-order valence-electron chi connectivity index (χ1n) is 7.58. The van der Waals surface area contributed by atoms with E-state index in [1.54, 1.807) is 12.1 Å². The summed E-state index contributed by atoms with van der Waals surface area (Å²) in [5, 5.41) is 7.35. The van der Waals surface area contributed by atoms with Crippen molar-refractivity contribution in [3.05, 3.63) is 34.9 Å². The van der Waals surface area contributed by atoms with Crippen molar-refractivity contribution in [3.8, 4) is 0 Å². The molecule has 0 aliphatic heterocycles. The van der Waals surface area contributed by atoms with Gasteiger partial charge in [0.15, 0.2) is 5.82 Å². The van der Waals surface area contributed by atoms with E-state index in [9.17, 15) is 4.79 Å². The lowest BCUT2D eigenvalue weighted by Gasteiger charge is -2.19. The van der Waals surface area contributed by atoms with E-state index in [4.69, 9.17) is 16.1 Å². The predicted molar refractivity (Wildman–Crippen MR) is 91.0 cm³/mol. The Bertz CT molecular complexity index is 670. The number of nitrogens with zero attached hydrogens (tertiary/aromatic N) is 3. The molecule has 1 N–H and O–H groups in total. The Morgan fingerprint density at radius 1 is 1.35 bits per heavy atom. The molecular weight excluding hydrogens is 316 g/mol. The lowest BCUT2D eigenvalue weighted by molar-refractivity contribution is -0.116. The number of carbonyl (C=O) groups excluding carboxylic acids is 1. The number of hydrogen-bond donors (Lipinski definition) is 1. The molecular formula is C16H21ClN4O2. The number of hydrogen-bond acceptors (Lipinski definition) is 5. The van der Waals surface area contributed by atoms with Gasteiger partial charge in [-0.25, -0.2) is 0 Å². The highest BCUT2D eigenvalue weighted by molar-refractivity contribution is 6.34. The number of nitrogens with one attached hydrogen (secondary N) is 1. The van der Waals surface area contributed by atoms with Gasteiger partial charge in [0.25, 0.3) is 0 Å². The second kappa shape index (κ2) is 7.97. The normalized spacial score (nSPS) is 10.6. The molecule has 0 aliphatic carbocycles. The van der Waals surface area contributed by atoms with Crippen LogP contribution in [0, 0.1) is 0 Å². The predicted octanol–water partition coefficient (Wildman–Crippen LogP) is 3.31. The molecule has 0 radical (unpaired) electrons.